The third-order valence-electron chi connectivity index (χ3n) is 8.13. The average Bonchev–Trinajstić information content (AvgIpc) is 3.71. The number of rotatable bonds is 16. The van der Waals surface area contributed by atoms with Gasteiger partial charge in [-0.05, 0) is 91.4 Å². The van der Waals surface area contributed by atoms with E-state index in [1.165, 1.54) is 38.9 Å². The van der Waals surface area contributed by atoms with Crippen LogP contribution in [0.4, 0.5) is 0 Å². The zero-order valence-corrected chi connectivity index (χ0v) is 27.9. The number of nitrogens with zero attached hydrogens (tertiary/aromatic N) is 3. The highest BCUT2D eigenvalue weighted by molar-refractivity contribution is 9.10. The number of amides is 1. The molecule has 4 N–H and O–H groups in total. The topological polar surface area (TPSA) is 115 Å². The number of primary amides is 1. The van der Waals surface area contributed by atoms with Gasteiger partial charge in [0.2, 0.25) is 0 Å². The van der Waals surface area contributed by atoms with Gasteiger partial charge < -0.3 is 30.5 Å². The van der Waals surface area contributed by atoms with Crippen LogP contribution in [-0.4, -0.2) is 64.6 Å². The van der Waals surface area contributed by atoms with Gasteiger partial charge in [0.1, 0.15) is 18.1 Å². The van der Waals surface area contributed by atoms with Crippen molar-refractivity contribution in [2.24, 2.45) is 5.73 Å². The van der Waals surface area contributed by atoms with Crippen molar-refractivity contribution in [3.8, 4) is 22.6 Å². The minimum atomic E-state index is -0.589. The molecule has 0 saturated carbocycles. The molecular weight excluding hydrogens is 658 g/mol. The lowest BCUT2D eigenvalue weighted by Crippen LogP contribution is -2.29. The lowest BCUT2D eigenvalue weighted by molar-refractivity contribution is -0.119. The fourth-order valence-electron chi connectivity index (χ4n) is 5.63. The summed E-state index contributed by atoms with van der Waals surface area (Å²) in [6.07, 6.45) is 6.90. The second-order valence-corrected chi connectivity index (χ2v) is 12.7. The Kier molecular flexibility index (Phi) is 11.7. The van der Waals surface area contributed by atoms with E-state index in [0.717, 1.165) is 50.6 Å². The highest BCUT2D eigenvalue weighted by Crippen LogP contribution is 2.38. The van der Waals surface area contributed by atoms with E-state index in [1.54, 1.807) is 12.1 Å². The van der Waals surface area contributed by atoms with Crippen LogP contribution in [0.2, 0.25) is 5.02 Å². The van der Waals surface area contributed by atoms with Crippen LogP contribution in [0.25, 0.3) is 22.0 Å². The number of ether oxygens (including phenoxy) is 2. The molecule has 0 radical (unpaired) electrons. The van der Waals surface area contributed by atoms with Crippen molar-refractivity contribution in [2.45, 2.75) is 58.3 Å². The van der Waals surface area contributed by atoms with Crippen molar-refractivity contribution >= 4 is 44.3 Å². The molecule has 2 heterocycles. The van der Waals surface area contributed by atoms with E-state index in [2.05, 4.69) is 55.1 Å². The van der Waals surface area contributed by atoms with Crippen molar-refractivity contribution in [3.63, 3.8) is 0 Å². The van der Waals surface area contributed by atoms with Crippen LogP contribution in [0.1, 0.15) is 43.7 Å². The Balaban J connectivity index is 1.31. The van der Waals surface area contributed by atoms with Crippen LogP contribution in [0.3, 0.4) is 0 Å². The molecule has 5 rings (SSSR count). The van der Waals surface area contributed by atoms with E-state index < -0.39 is 5.91 Å². The number of fused-ring (bicyclic) bond motifs is 1. The molecule has 1 unspecified atom stereocenters. The molecule has 1 aliphatic rings. The molecule has 1 saturated heterocycles. The fraction of sp³-hybridized carbons (Fsp3) is 0.412. The molecule has 4 aromatic rings. The summed E-state index contributed by atoms with van der Waals surface area (Å²) >= 11 is 10.5. The van der Waals surface area contributed by atoms with Crippen LogP contribution in [-0.2, 0) is 24.5 Å². The average molecular weight is 699 g/mol. The van der Waals surface area contributed by atoms with Crippen LogP contribution in [0, 0.1) is 0 Å². The maximum absolute atomic E-state index is 11.4. The number of carbonyl (C=O) groups excluding carboxylic acids is 1. The summed E-state index contributed by atoms with van der Waals surface area (Å²) in [5, 5.41) is 18.8. The maximum Gasteiger partial charge on any atom is 0.255 e. The summed E-state index contributed by atoms with van der Waals surface area (Å²) < 4.78 is 14.9. The molecule has 1 aromatic heterocycles. The number of carbonyl (C=O) groups is 1. The van der Waals surface area contributed by atoms with E-state index in [4.69, 9.17) is 31.9 Å². The molecule has 3 aromatic carbocycles. The SMILES string of the molecule is CC(CO)NCc1cc(Cl)c(OCc2cccc(-c3cccc4c3cnn4CCCCN3CCCC3)c2Br)cc1OCC(N)=O. The second kappa shape index (κ2) is 15.9. The molecule has 11 heteroatoms. The first-order valence-corrected chi connectivity index (χ1v) is 16.7. The van der Waals surface area contributed by atoms with Crippen molar-refractivity contribution in [1.82, 2.24) is 20.0 Å². The van der Waals surface area contributed by atoms with Crippen LogP contribution in [0.5, 0.6) is 11.5 Å². The molecule has 240 valence electrons. The minimum Gasteiger partial charge on any atom is -0.487 e. The molecule has 1 amide bonds. The van der Waals surface area contributed by atoms with Gasteiger partial charge in [-0.15, -0.1) is 0 Å². The molecule has 0 bridgehead atoms. The van der Waals surface area contributed by atoms with Crippen molar-refractivity contribution in [2.75, 3.05) is 32.8 Å². The number of unbranched alkanes of at least 4 members (excludes halogenated alkanes) is 1. The standard InChI is InChI=1S/C34H41BrClN5O4/c1-23(20-42)38-18-25-16-29(36)32(17-31(25)45-22-33(37)43)44-21-24-8-6-10-27(34(24)35)26-9-7-11-30-28(26)19-39-41(30)15-5-4-14-40-12-2-3-13-40/h6-11,16-17,19,23,38,42H,2-5,12-15,18,20-22H2,1H3,(H2,37,43). The number of nitrogens with two attached hydrogens (primary N) is 1. The van der Waals surface area contributed by atoms with Gasteiger partial charge in [-0.1, -0.05) is 41.9 Å². The largest absolute Gasteiger partial charge is 0.487 e. The van der Waals surface area contributed by atoms with E-state index in [1.807, 2.05) is 25.3 Å². The number of nitrogens with one attached hydrogen (secondary N) is 1. The summed E-state index contributed by atoms with van der Waals surface area (Å²) in [6.45, 7) is 6.73. The van der Waals surface area contributed by atoms with Gasteiger partial charge in [0.15, 0.2) is 6.61 Å². The van der Waals surface area contributed by atoms with Gasteiger partial charge in [0, 0.05) is 46.2 Å². The molecule has 0 aliphatic carbocycles. The summed E-state index contributed by atoms with van der Waals surface area (Å²) in [6, 6.07) is 15.7. The first kappa shape index (κ1) is 33.2. The number of likely N-dealkylation sites (tertiary alicyclic amines) is 1. The number of aliphatic hydroxyl groups excluding tert-OH is 1. The third-order valence-corrected chi connectivity index (χ3v) is 9.36. The Hall–Kier alpha value is -3.15. The van der Waals surface area contributed by atoms with Crippen molar-refractivity contribution < 1.29 is 19.4 Å². The number of aliphatic hydroxyl groups is 1. The van der Waals surface area contributed by atoms with E-state index in [-0.39, 0.29) is 25.9 Å². The first-order chi connectivity index (χ1) is 21.8. The highest BCUT2D eigenvalue weighted by Gasteiger charge is 2.17. The summed E-state index contributed by atoms with van der Waals surface area (Å²) in [5.41, 5.74) is 10.2. The molecule has 45 heavy (non-hydrogen) atoms. The normalized spacial score (nSPS) is 14.2. The van der Waals surface area contributed by atoms with Crippen molar-refractivity contribution in [1.29, 1.82) is 0 Å². The number of halogens is 2. The number of aromatic nitrogens is 2. The molecule has 1 aliphatic heterocycles. The third kappa shape index (κ3) is 8.56. The Morgan fingerprint density at radius 1 is 1.07 bits per heavy atom. The first-order valence-electron chi connectivity index (χ1n) is 15.5. The number of aryl methyl sites for hydroxylation is 1. The number of hydrogen-bond acceptors (Lipinski definition) is 7. The Bertz CT molecular complexity index is 1610. The minimum absolute atomic E-state index is 0.0177. The molecule has 9 nitrogen and oxygen atoms in total. The van der Waals surface area contributed by atoms with Gasteiger partial charge in [-0.25, -0.2) is 0 Å². The van der Waals surface area contributed by atoms with E-state index in [9.17, 15) is 9.90 Å². The molecular formula is C34H41BrClN5O4. The lowest BCUT2D eigenvalue weighted by atomic mass is 10.00. The molecule has 0 spiro atoms. The van der Waals surface area contributed by atoms with Gasteiger partial charge in [0.05, 0.1) is 23.3 Å². The number of benzene rings is 3. The predicted octanol–water partition coefficient (Wildman–Crippen LogP) is 5.91. The molecule has 1 fully saturated rings. The lowest BCUT2D eigenvalue weighted by Gasteiger charge is -2.17. The summed E-state index contributed by atoms with van der Waals surface area (Å²) in [4.78, 5) is 14.0. The zero-order chi connectivity index (χ0) is 31.8. The predicted molar refractivity (Wildman–Crippen MR) is 182 cm³/mol. The van der Waals surface area contributed by atoms with Crippen molar-refractivity contribution in [3.05, 3.63) is 75.4 Å². The Morgan fingerprint density at radius 2 is 1.82 bits per heavy atom. The van der Waals surface area contributed by atoms with Gasteiger partial charge in [-0.3, -0.25) is 9.48 Å². The van der Waals surface area contributed by atoms with Crippen LogP contribution < -0.4 is 20.5 Å². The van der Waals surface area contributed by atoms with Gasteiger partial charge in [-0.2, -0.15) is 5.10 Å². The number of hydrogen-bond donors (Lipinski definition) is 3. The highest BCUT2D eigenvalue weighted by atomic mass is 79.9. The smallest absolute Gasteiger partial charge is 0.255 e. The van der Waals surface area contributed by atoms with Crippen LogP contribution in [0.15, 0.2) is 59.2 Å². The zero-order valence-electron chi connectivity index (χ0n) is 25.6. The van der Waals surface area contributed by atoms with E-state index >= 15 is 0 Å². The Labute approximate surface area is 277 Å². The van der Waals surface area contributed by atoms with Gasteiger partial charge in [0.25, 0.3) is 5.91 Å². The maximum atomic E-state index is 11.4. The van der Waals surface area contributed by atoms with Crippen LogP contribution >= 0.6 is 27.5 Å². The fourth-order valence-corrected chi connectivity index (χ4v) is 6.46. The quantitative estimate of drug-likeness (QED) is 0.125. The Morgan fingerprint density at radius 3 is 2.60 bits per heavy atom. The molecule has 1 atom stereocenters. The van der Waals surface area contributed by atoms with E-state index in [0.29, 0.717) is 23.1 Å². The second-order valence-electron chi connectivity index (χ2n) is 11.5. The summed E-state index contributed by atoms with van der Waals surface area (Å²) in [5.74, 6) is 0.257. The monoisotopic (exact) mass is 697 g/mol. The summed E-state index contributed by atoms with van der Waals surface area (Å²) in [7, 11) is 0. The van der Waals surface area contributed by atoms with Gasteiger partial charge >= 0.3 is 0 Å².